The van der Waals surface area contributed by atoms with Crippen molar-refractivity contribution in [2.75, 3.05) is 46.3 Å². The average molecular weight is 214 g/mol. The Morgan fingerprint density at radius 1 is 1.33 bits per heavy atom. The maximum Gasteiger partial charge on any atom is 0.202 e. The van der Waals surface area contributed by atoms with Crippen LogP contribution in [0.3, 0.4) is 0 Å². The van der Waals surface area contributed by atoms with Crippen molar-refractivity contribution >= 4 is 5.96 Å². The minimum absolute atomic E-state index is 0.0617. The third-order valence-electron chi connectivity index (χ3n) is 2.78. The van der Waals surface area contributed by atoms with Crippen molar-refractivity contribution in [3.63, 3.8) is 0 Å². The van der Waals surface area contributed by atoms with Gasteiger partial charge < -0.3 is 15.5 Å². The first-order valence-electron chi connectivity index (χ1n) is 5.37. The number of piperazine rings is 1. The van der Waals surface area contributed by atoms with Gasteiger partial charge >= 0.3 is 0 Å². The van der Waals surface area contributed by atoms with Gasteiger partial charge in [0.1, 0.15) is 0 Å². The number of rotatable bonds is 4. The van der Waals surface area contributed by atoms with E-state index < -0.39 is 0 Å². The molecule has 0 aromatic carbocycles. The van der Waals surface area contributed by atoms with E-state index in [2.05, 4.69) is 16.8 Å². The van der Waals surface area contributed by atoms with E-state index >= 15 is 0 Å². The molecule has 0 unspecified atom stereocenters. The Bertz CT molecular complexity index is 199. The Morgan fingerprint density at radius 3 is 2.47 bits per heavy atom. The van der Waals surface area contributed by atoms with Crippen LogP contribution in [0.2, 0.25) is 0 Å². The number of nitrogens with two attached hydrogens (primary N) is 2. The van der Waals surface area contributed by atoms with Crippen LogP contribution in [0.25, 0.3) is 0 Å². The van der Waals surface area contributed by atoms with Gasteiger partial charge in [-0.2, -0.15) is 0 Å². The number of hydrazine groups is 1. The third-order valence-corrected chi connectivity index (χ3v) is 2.78. The predicted molar refractivity (Wildman–Crippen MR) is 61.4 cm³/mol. The molecule has 1 fully saturated rings. The lowest BCUT2D eigenvalue weighted by molar-refractivity contribution is 0.150. The summed E-state index contributed by atoms with van der Waals surface area (Å²) in [5.41, 5.74) is 5.24. The molecule has 0 saturated carbocycles. The van der Waals surface area contributed by atoms with Crippen LogP contribution >= 0.6 is 0 Å². The Kier molecular flexibility index (Phi) is 4.80. The first-order chi connectivity index (χ1) is 7.09. The number of guanidine groups is 1. The quantitative estimate of drug-likeness (QED) is 0.234. The van der Waals surface area contributed by atoms with E-state index in [0.717, 1.165) is 39.1 Å². The van der Waals surface area contributed by atoms with Crippen LogP contribution in [-0.4, -0.2) is 67.1 Å². The van der Waals surface area contributed by atoms with Gasteiger partial charge in [0.05, 0.1) is 0 Å². The second-order valence-electron chi connectivity index (χ2n) is 4.08. The molecule has 0 aliphatic carbocycles. The SMILES string of the molecule is CN1CCN(CCCN(N)C(=N)N)CC1. The molecule has 0 bridgehead atoms. The van der Waals surface area contributed by atoms with E-state index in [0.29, 0.717) is 6.54 Å². The summed E-state index contributed by atoms with van der Waals surface area (Å²) >= 11 is 0. The summed E-state index contributed by atoms with van der Waals surface area (Å²) in [6.07, 6.45) is 0.958. The smallest absolute Gasteiger partial charge is 0.202 e. The van der Waals surface area contributed by atoms with Crippen LogP contribution in [0.15, 0.2) is 0 Å². The molecule has 15 heavy (non-hydrogen) atoms. The summed E-state index contributed by atoms with van der Waals surface area (Å²) in [5, 5.41) is 8.40. The lowest BCUT2D eigenvalue weighted by atomic mass is 10.3. The summed E-state index contributed by atoms with van der Waals surface area (Å²) in [7, 11) is 2.15. The monoisotopic (exact) mass is 214 g/mol. The van der Waals surface area contributed by atoms with Gasteiger partial charge in [-0.1, -0.05) is 0 Å². The van der Waals surface area contributed by atoms with Gasteiger partial charge in [-0.15, -0.1) is 0 Å². The van der Waals surface area contributed by atoms with Crippen molar-refractivity contribution in [1.29, 1.82) is 5.41 Å². The predicted octanol–water partition coefficient (Wildman–Crippen LogP) is -1.31. The lowest BCUT2D eigenvalue weighted by Gasteiger charge is -2.32. The van der Waals surface area contributed by atoms with Crippen LogP contribution in [0.4, 0.5) is 0 Å². The molecule has 0 atom stereocenters. The number of nitrogens with one attached hydrogen (secondary N) is 1. The molecule has 6 heteroatoms. The first-order valence-corrected chi connectivity index (χ1v) is 5.37. The maximum atomic E-state index is 7.11. The van der Waals surface area contributed by atoms with Crippen LogP contribution in [0.5, 0.6) is 0 Å². The molecule has 6 nitrogen and oxygen atoms in total. The van der Waals surface area contributed by atoms with E-state index in [4.69, 9.17) is 17.0 Å². The molecule has 1 heterocycles. The zero-order valence-corrected chi connectivity index (χ0v) is 9.45. The molecule has 0 aromatic heterocycles. The van der Waals surface area contributed by atoms with E-state index in [-0.39, 0.29) is 5.96 Å². The topological polar surface area (TPSA) is 85.6 Å². The van der Waals surface area contributed by atoms with E-state index in [9.17, 15) is 0 Å². The highest BCUT2D eigenvalue weighted by Crippen LogP contribution is 1.99. The standard InChI is InChI=1S/C9H22N6/c1-13-5-7-14(8-6-13)3-2-4-15(12)9(10)11/h2-8,12H2,1H3,(H3,10,11). The van der Waals surface area contributed by atoms with Gasteiger partial charge in [0, 0.05) is 32.7 Å². The molecule has 1 aliphatic rings. The summed E-state index contributed by atoms with van der Waals surface area (Å²) < 4.78 is 0. The van der Waals surface area contributed by atoms with Crippen molar-refractivity contribution in [1.82, 2.24) is 14.8 Å². The van der Waals surface area contributed by atoms with Crippen molar-refractivity contribution in [2.24, 2.45) is 11.6 Å². The van der Waals surface area contributed by atoms with Crippen LogP contribution in [0, 0.1) is 5.41 Å². The highest BCUT2D eigenvalue weighted by molar-refractivity contribution is 5.73. The highest BCUT2D eigenvalue weighted by Gasteiger charge is 2.13. The molecule has 1 saturated heterocycles. The van der Waals surface area contributed by atoms with Crippen LogP contribution in [0.1, 0.15) is 6.42 Å². The average Bonchev–Trinajstić information content (AvgIpc) is 2.20. The van der Waals surface area contributed by atoms with E-state index in [1.54, 1.807) is 0 Å². The summed E-state index contributed by atoms with van der Waals surface area (Å²) in [6.45, 7) is 6.22. The van der Waals surface area contributed by atoms with Gasteiger partial charge in [-0.25, -0.2) is 5.84 Å². The van der Waals surface area contributed by atoms with Gasteiger partial charge in [-0.05, 0) is 20.0 Å². The fourth-order valence-electron chi connectivity index (χ4n) is 1.66. The fraction of sp³-hybridized carbons (Fsp3) is 0.889. The van der Waals surface area contributed by atoms with Crippen molar-refractivity contribution in [3.05, 3.63) is 0 Å². The van der Waals surface area contributed by atoms with Gasteiger partial charge in [0.15, 0.2) is 0 Å². The minimum atomic E-state index is -0.0617. The molecule has 0 radical (unpaired) electrons. The van der Waals surface area contributed by atoms with Gasteiger partial charge in [0.25, 0.3) is 0 Å². The Hall–Kier alpha value is -0.850. The first kappa shape index (κ1) is 12.2. The summed E-state index contributed by atoms with van der Waals surface area (Å²) in [5.74, 6) is 5.45. The summed E-state index contributed by atoms with van der Waals surface area (Å²) in [4.78, 5) is 4.76. The lowest BCUT2D eigenvalue weighted by Crippen LogP contribution is -2.46. The van der Waals surface area contributed by atoms with Crippen molar-refractivity contribution < 1.29 is 0 Å². The van der Waals surface area contributed by atoms with Crippen molar-refractivity contribution in [3.8, 4) is 0 Å². The number of hydrogen-bond donors (Lipinski definition) is 3. The van der Waals surface area contributed by atoms with Crippen LogP contribution < -0.4 is 11.6 Å². The zero-order chi connectivity index (χ0) is 11.3. The molecule has 0 amide bonds. The summed E-state index contributed by atoms with van der Waals surface area (Å²) in [6, 6.07) is 0. The maximum absolute atomic E-state index is 7.11. The molecule has 1 rings (SSSR count). The van der Waals surface area contributed by atoms with E-state index in [1.165, 1.54) is 5.01 Å². The Balaban J connectivity index is 2.07. The molecule has 0 spiro atoms. The number of likely N-dealkylation sites (N-methyl/N-ethyl adjacent to an activating group) is 1. The Morgan fingerprint density at radius 2 is 1.93 bits per heavy atom. The minimum Gasteiger partial charge on any atom is -0.369 e. The highest BCUT2D eigenvalue weighted by atomic mass is 15.4. The molecule has 5 N–H and O–H groups in total. The van der Waals surface area contributed by atoms with Crippen LogP contribution in [-0.2, 0) is 0 Å². The molecule has 0 aromatic rings. The normalized spacial score (nSPS) is 19.1. The largest absolute Gasteiger partial charge is 0.369 e. The zero-order valence-electron chi connectivity index (χ0n) is 9.45. The number of hydrogen-bond acceptors (Lipinski definition) is 4. The second kappa shape index (κ2) is 5.89. The fourth-order valence-corrected chi connectivity index (χ4v) is 1.66. The number of nitrogens with zero attached hydrogens (tertiary/aromatic N) is 3. The van der Waals surface area contributed by atoms with E-state index in [1.807, 2.05) is 0 Å². The molecular formula is C9H22N6. The van der Waals surface area contributed by atoms with Crippen molar-refractivity contribution in [2.45, 2.75) is 6.42 Å². The second-order valence-corrected chi connectivity index (χ2v) is 4.08. The van der Waals surface area contributed by atoms with Gasteiger partial charge in [-0.3, -0.25) is 10.4 Å². The van der Waals surface area contributed by atoms with Gasteiger partial charge in [0.2, 0.25) is 5.96 Å². The molecular weight excluding hydrogens is 192 g/mol. The third kappa shape index (κ3) is 4.46. The molecule has 1 aliphatic heterocycles. The molecule has 88 valence electrons. The Labute approximate surface area is 91.3 Å².